The summed E-state index contributed by atoms with van der Waals surface area (Å²) >= 11 is 5.96. The van der Waals surface area contributed by atoms with Crippen molar-refractivity contribution in [2.45, 2.75) is 45.6 Å². The molecule has 1 N–H and O–H groups in total. The summed E-state index contributed by atoms with van der Waals surface area (Å²) in [5, 5.41) is 3.42. The highest BCUT2D eigenvalue weighted by atomic mass is 35.5. The Kier molecular flexibility index (Phi) is 7.26. The van der Waals surface area contributed by atoms with Crippen LogP contribution >= 0.6 is 11.6 Å². The maximum atomic E-state index is 12.4. The Morgan fingerprint density at radius 3 is 2.60 bits per heavy atom. The van der Waals surface area contributed by atoms with Crippen molar-refractivity contribution in [2.75, 3.05) is 32.0 Å². The summed E-state index contributed by atoms with van der Waals surface area (Å²) in [7, 11) is 1.85. The summed E-state index contributed by atoms with van der Waals surface area (Å²) in [6, 6.07) is 5.66. The number of benzene rings is 1. The summed E-state index contributed by atoms with van der Waals surface area (Å²) in [5.41, 5.74) is 1.65. The fraction of sp³-hybridized carbons (Fsp3) is 0.579. The second kappa shape index (κ2) is 9.20. The molecule has 0 saturated carbocycles. The number of halogens is 1. The topological polar surface area (TPSA) is 52.7 Å². The standard InChI is InChI=1S/C19H28ClN3O2/c1-4-23-11-9-16(10-12-23)22(3)19(25)8-7-18(24)21-17-13-15(20)6-5-14(17)2/h5-6,13,16H,4,7-12H2,1-3H3,(H,21,24). The first-order valence-corrected chi connectivity index (χ1v) is 9.32. The predicted octanol–water partition coefficient (Wildman–Crippen LogP) is 3.31. The van der Waals surface area contributed by atoms with Gasteiger partial charge in [-0.25, -0.2) is 0 Å². The van der Waals surface area contributed by atoms with Crippen LogP contribution in [0.15, 0.2) is 18.2 Å². The van der Waals surface area contributed by atoms with E-state index in [2.05, 4.69) is 17.1 Å². The van der Waals surface area contributed by atoms with E-state index in [0.29, 0.717) is 10.7 Å². The molecule has 1 aromatic rings. The van der Waals surface area contributed by atoms with Gasteiger partial charge in [0.2, 0.25) is 11.8 Å². The number of hydrogen-bond acceptors (Lipinski definition) is 3. The quantitative estimate of drug-likeness (QED) is 0.841. The molecule has 2 rings (SSSR count). The number of carbonyl (C=O) groups is 2. The average Bonchev–Trinajstić information content (AvgIpc) is 2.62. The number of rotatable bonds is 6. The second-order valence-corrected chi connectivity index (χ2v) is 7.11. The van der Waals surface area contributed by atoms with Crippen molar-refractivity contribution < 1.29 is 9.59 Å². The number of anilines is 1. The molecule has 0 unspecified atom stereocenters. The highest BCUT2D eigenvalue weighted by Gasteiger charge is 2.24. The second-order valence-electron chi connectivity index (χ2n) is 6.68. The first-order chi connectivity index (χ1) is 11.9. The van der Waals surface area contributed by atoms with E-state index in [9.17, 15) is 9.59 Å². The zero-order valence-electron chi connectivity index (χ0n) is 15.3. The smallest absolute Gasteiger partial charge is 0.224 e. The third-order valence-electron chi connectivity index (χ3n) is 4.99. The van der Waals surface area contributed by atoms with E-state index in [1.807, 2.05) is 24.9 Å². The maximum Gasteiger partial charge on any atom is 0.224 e. The number of hydrogen-bond donors (Lipinski definition) is 1. The molecule has 1 aliphatic rings. The molecular weight excluding hydrogens is 338 g/mol. The van der Waals surface area contributed by atoms with Crippen molar-refractivity contribution in [3.8, 4) is 0 Å². The van der Waals surface area contributed by atoms with Gasteiger partial charge >= 0.3 is 0 Å². The Balaban J connectivity index is 1.79. The number of aryl methyl sites for hydroxylation is 1. The Hall–Kier alpha value is -1.59. The molecular formula is C19H28ClN3O2. The van der Waals surface area contributed by atoms with Crippen LogP contribution in [0.25, 0.3) is 0 Å². The molecule has 1 aliphatic heterocycles. The molecule has 1 aromatic carbocycles. The highest BCUT2D eigenvalue weighted by Crippen LogP contribution is 2.21. The number of amides is 2. The molecule has 0 radical (unpaired) electrons. The molecule has 1 fully saturated rings. The molecule has 0 spiro atoms. The van der Waals surface area contributed by atoms with E-state index >= 15 is 0 Å². The van der Waals surface area contributed by atoms with E-state index in [4.69, 9.17) is 11.6 Å². The molecule has 0 atom stereocenters. The monoisotopic (exact) mass is 365 g/mol. The van der Waals surface area contributed by atoms with E-state index in [1.54, 1.807) is 12.1 Å². The predicted molar refractivity (Wildman–Crippen MR) is 102 cm³/mol. The van der Waals surface area contributed by atoms with E-state index in [1.165, 1.54) is 0 Å². The van der Waals surface area contributed by atoms with Crippen LogP contribution in [0, 0.1) is 6.92 Å². The molecule has 1 saturated heterocycles. The van der Waals surface area contributed by atoms with E-state index in [0.717, 1.165) is 38.0 Å². The zero-order valence-corrected chi connectivity index (χ0v) is 16.1. The van der Waals surface area contributed by atoms with Crippen molar-refractivity contribution >= 4 is 29.1 Å². The van der Waals surface area contributed by atoms with Gasteiger partial charge < -0.3 is 15.1 Å². The Morgan fingerprint density at radius 1 is 1.28 bits per heavy atom. The van der Waals surface area contributed by atoms with E-state index in [-0.39, 0.29) is 30.7 Å². The van der Waals surface area contributed by atoms with Gasteiger partial charge in [0, 0.05) is 49.7 Å². The molecule has 1 heterocycles. The molecule has 2 amide bonds. The minimum absolute atomic E-state index is 0.0351. The van der Waals surface area contributed by atoms with Crippen LogP contribution in [0.2, 0.25) is 5.02 Å². The van der Waals surface area contributed by atoms with Crippen molar-refractivity contribution in [3.63, 3.8) is 0 Å². The van der Waals surface area contributed by atoms with Gasteiger partial charge in [-0.05, 0) is 44.0 Å². The molecule has 25 heavy (non-hydrogen) atoms. The van der Waals surface area contributed by atoms with Gasteiger partial charge in [0.05, 0.1) is 0 Å². The van der Waals surface area contributed by atoms with Gasteiger partial charge in [0.25, 0.3) is 0 Å². The van der Waals surface area contributed by atoms with Gasteiger partial charge in [0.1, 0.15) is 0 Å². The van der Waals surface area contributed by atoms with E-state index < -0.39 is 0 Å². The minimum Gasteiger partial charge on any atom is -0.343 e. The fourth-order valence-electron chi connectivity index (χ4n) is 3.16. The Bertz CT molecular complexity index is 613. The van der Waals surface area contributed by atoms with Crippen molar-refractivity contribution in [2.24, 2.45) is 0 Å². The van der Waals surface area contributed by atoms with Gasteiger partial charge in [-0.1, -0.05) is 24.6 Å². The lowest BCUT2D eigenvalue weighted by Gasteiger charge is -2.36. The lowest BCUT2D eigenvalue weighted by molar-refractivity contribution is -0.134. The molecule has 0 aliphatic carbocycles. The van der Waals surface area contributed by atoms with Crippen LogP contribution in [0.4, 0.5) is 5.69 Å². The Morgan fingerprint density at radius 2 is 1.96 bits per heavy atom. The summed E-state index contributed by atoms with van der Waals surface area (Å²) in [4.78, 5) is 28.7. The van der Waals surface area contributed by atoms with Crippen LogP contribution in [-0.2, 0) is 9.59 Å². The number of carbonyl (C=O) groups excluding carboxylic acids is 2. The van der Waals surface area contributed by atoms with Crippen LogP contribution in [0.3, 0.4) is 0 Å². The first-order valence-electron chi connectivity index (χ1n) is 8.94. The third kappa shape index (κ3) is 5.72. The van der Waals surface area contributed by atoms with Gasteiger partial charge in [0.15, 0.2) is 0 Å². The molecule has 0 bridgehead atoms. The highest BCUT2D eigenvalue weighted by molar-refractivity contribution is 6.31. The lowest BCUT2D eigenvalue weighted by atomic mass is 10.0. The number of nitrogens with zero attached hydrogens (tertiary/aromatic N) is 2. The average molecular weight is 366 g/mol. The van der Waals surface area contributed by atoms with Crippen LogP contribution < -0.4 is 5.32 Å². The summed E-state index contributed by atoms with van der Waals surface area (Å²) in [5.74, 6) is -0.124. The van der Waals surface area contributed by atoms with Gasteiger partial charge in [-0.3, -0.25) is 9.59 Å². The minimum atomic E-state index is -0.159. The molecule has 5 nitrogen and oxygen atoms in total. The molecule has 138 valence electrons. The van der Waals surface area contributed by atoms with Crippen molar-refractivity contribution in [1.82, 2.24) is 9.80 Å². The van der Waals surface area contributed by atoms with Crippen molar-refractivity contribution in [3.05, 3.63) is 28.8 Å². The van der Waals surface area contributed by atoms with Gasteiger partial charge in [-0.2, -0.15) is 0 Å². The normalized spacial score (nSPS) is 15.8. The number of likely N-dealkylation sites (tertiary alicyclic amines) is 1. The molecule has 0 aromatic heterocycles. The third-order valence-corrected chi connectivity index (χ3v) is 5.22. The summed E-state index contributed by atoms with van der Waals surface area (Å²) in [6.45, 7) is 7.21. The van der Waals surface area contributed by atoms with Crippen LogP contribution in [-0.4, -0.2) is 54.3 Å². The number of piperidine rings is 1. The van der Waals surface area contributed by atoms with Crippen LogP contribution in [0.5, 0.6) is 0 Å². The Labute approximate surface area is 155 Å². The first kappa shape index (κ1) is 19.7. The largest absolute Gasteiger partial charge is 0.343 e. The van der Waals surface area contributed by atoms with Crippen LogP contribution in [0.1, 0.15) is 38.2 Å². The summed E-state index contributed by atoms with van der Waals surface area (Å²) in [6.07, 6.45) is 2.42. The zero-order chi connectivity index (χ0) is 18.4. The number of nitrogens with one attached hydrogen (secondary N) is 1. The van der Waals surface area contributed by atoms with Gasteiger partial charge in [-0.15, -0.1) is 0 Å². The SMILES string of the molecule is CCN1CCC(N(C)C(=O)CCC(=O)Nc2cc(Cl)ccc2C)CC1. The summed E-state index contributed by atoms with van der Waals surface area (Å²) < 4.78 is 0. The maximum absolute atomic E-state index is 12.4. The molecule has 6 heteroatoms. The van der Waals surface area contributed by atoms with Crippen molar-refractivity contribution in [1.29, 1.82) is 0 Å². The fourth-order valence-corrected chi connectivity index (χ4v) is 3.34. The lowest BCUT2D eigenvalue weighted by Crippen LogP contribution is -2.45.